The highest BCUT2D eigenvalue weighted by molar-refractivity contribution is 7.89. The molecule has 5 nitrogen and oxygen atoms in total. The van der Waals surface area contributed by atoms with Gasteiger partial charge >= 0.3 is 5.97 Å². The van der Waals surface area contributed by atoms with Crippen LogP contribution in [-0.2, 0) is 14.8 Å². The van der Waals surface area contributed by atoms with Gasteiger partial charge in [0.1, 0.15) is 6.04 Å². The third kappa shape index (κ3) is 3.22. The number of carboxylic acids is 1. The first-order valence-electron chi connectivity index (χ1n) is 6.56. The largest absolute Gasteiger partial charge is 0.480 e. The number of hydrogen-bond donors (Lipinski definition) is 2. The molecule has 0 saturated carbocycles. The summed E-state index contributed by atoms with van der Waals surface area (Å²) in [4.78, 5) is 11.3. The second-order valence-corrected chi connectivity index (χ2v) is 6.84. The van der Waals surface area contributed by atoms with Crippen LogP contribution in [0.5, 0.6) is 0 Å². The molecule has 0 bridgehead atoms. The average Bonchev–Trinajstić information content (AvgIpc) is 2.43. The Kier molecular flexibility index (Phi) is 4.29. The molecule has 0 heterocycles. The molecule has 112 valence electrons. The lowest BCUT2D eigenvalue weighted by Gasteiger charge is -2.18. The molecular formula is C15H17NO4S. The van der Waals surface area contributed by atoms with Gasteiger partial charge in [0, 0.05) is 5.39 Å². The minimum atomic E-state index is -3.91. The highest BCUT2D eigenvalue weighted by Gasteiger charge is 2.28. The Morgan fingerprint density at radius 3 is 2.33 bits per heavy atom. The van der Waals surface area contributed by atoms with Crippen LogP contribution >= 0.6 is 0 Å². The number of fused-ring (bicyclic) bond motifs is 1. The third-order valence-electron chi connectivity index (χ3n) is 3.25. The topological polar surface area (TPSA) is 83.5 Å². The summed E-state index contributed by atoms with van der Waals surface area (Å²) in [6.07, 6.45) is 0. The van der Waals surface area contributed by atoms with Crippen LogP contribution in [-0.4, -0.2) is 25.5 Å². The lowest BCUT2D eigenvalue weighted by atomic mass is 10.1. The summed E-state index contributed by atoms with van der Waals surface area (Å²) in [7, 11) is -3.91. The van der Waals surface area contributed by atoms with Gasteiger partial charge in [0.15, 0.2) is 0 Å². The number of rotatable bonds is 5. The van der Waals surface area contributed by atoms with Crippen molar-refractivity contribution in [3.8, 4) is 0 Å². The molecule has 2 rings (SSSR count). The first-order chi connectivity index (χ1) is 9.83. The van der Waals surface area contributed by atoms with Crippen molar-refractivity contribution in [2.75, 3.05) is 0 Å². The molecule has 2 aromatic carbocycles. The summed E-state index contributed by atoms with van der Waals surface area (Å²) >= 11 is 0. The summed E-state index contributed by atoms with van der Waals surface area (Å²) in [5, 5.41) is 10.5. The van der Waals surface area contributed by atoms with Gasteiger partial charge in [0.25, 0.3) is 0 Å². The van der Waals surface area contributed by atoms with E-state index in [9.17, 15) is 13.2 Å². The van der Waals surface area contributed by atoms with Crippen molar-refractivity contribution in [1.29, 1.82) is 0 Å². The molecule has 0 aliphatic heterocycles. The molecule has 0 amide bonds. The van der Waals surface area contributed by atoms with Crippen molar-refractivity contribution in [3.63, 3.8) is 0 Å². The van der Waals surface area contributed by atoms with Crippen molar-refractivity contribution >= 4 is 26.8 Å². The zero-order valence-corrected chi connectivity index (χ0v) is 12.6. The van der Waals surface area contributed by atoms with Gasteiger partial charge in [-0.1, -0.05) is 50.2 Å². The monoisotopic (exact) mass is 307 g/mol. The number of carboxylic acid groups (broad SMARTS) is 1. The van der Waals surface area contributed by atoms with E-state index in [-0.39, 0.29) is 10.8 Å². The van der Waals surface area contributed by atoms with Crippen molar-refractivity contribution in [1.82, 2.24) is 4.72 Å². The second-order valence-electron chi connectivity index (χ2n) is 5.16. The number of nitrogens with one attached hydrogen (secondary N) is 1. The lowest BCUT2D eigenvalue weighted by Crippen LogP contribution is -2.44. The van der Waals surface area contributed by atoms with Gasteiger partial charge in [0.2, 0.25) is 10.0 Å². The molecule has 0 aliphatic rings. The van der Waals surface area contributed by atoms with Gasteiger partial charge in [-0.25, -0.2) is 8.42 Å². The smallest absolute Gasteiger partial charge is 0.322 e. The van der Waals surface area contributed by atoms with Gasteiger partial charge in [-0.15, -0.1) is 0 Å². The first kappa shape index (κ1) is 15.5. The van der Waals surface area contributed by atoms with Crippen LogP contribution in [0.4, 0.5) is 0 Å². The summed E-state index contributed by atoms with van der Waals surface area (Å²) in [5.41, 5.74) is 0. The summed E-state index contributed by atoms with van der Waals surface area (Å²) in [6, 6.07) is 10.9. The highest BCUT2D eigenvalue weighted by Crippen LogP contribution is 2.23. The Hall–Kier alpha value is -1.92. The van der Waals surface area contributed by atoms with Crippen molar-refractivity contribution < 1.29 is 18.3 Å². The fourth-order valence-electron chi connectivity index (χ4n) is 2.13. The molecule has 6 heteroatoms. The molecule has 2 aromatic rings. The third-order valence-corrected chi connectivity index (χ3v) is 4.75. The van der Waals surface area contributed by atoms with Crippen LogP contribution < -0.4 is 4.72 Å². The Morgan fingerprint density at radius 2 is 1.71 bits per heavy atom. The van der Waals surface area contributed by atoms with Gasteiger partial charge in [-0.05, 0) is 17.4 Å². The van der Waals surface area contributed by atoms with Crippen LogP contribution in [0.2, 0.25) is 0 Å². The van der Waals surface area contributed by atoms with E-state index in [0.29, 0.717) is 5.39 Å². The number of aliphatic carboxylic acids is 1. The van der Waals surface area contributed by atoms with Gasteiger partial charge in [-0.2, -0.15) is 4.72 Å². The maximum atomic E-state index is 12.5. The zero-order valence-electron chi connectivity index (χ0n) is 11.8. The van der Waals surface area contributed by atoms with Crippen LogP contribution in [0.15, 0.2) is 47.4 Å². The normalized spacial score (nSPS) is 13.5. The van der Waals surface area contributed by atoms with Gasteiger partial charge in [-0.3, -0.25) is 4.79 Å². The minimum Gasteiger partial charge on any atom is -0.480 e. The van der Waals surface area contributed by atoms with E-state index in [1.807, 2.05) is 18.2 Å². The van der Waals surface area contributed by atoms with Gasteiger partial charge < -0.3 is 5.11 Å². The van der Waals surface area contributed by atoms with E-state index >= 15 is 0 Å². The number of hydrogen-bond acceptors (Lipinski definition) is 3. The standard InChI is InChI=1S/C15H17NO4S/c1-10(2)14(15(17)18)16-21(19,20)13-9-5-7-11-6-3-4-8-12(11)13/h3-10,14,16H,1-2H3,(H,17,18)/t14-/m0/s1. The highest BCUT2D eigenvalue weighted by atomic mass is 32.2. The molecule has 0 aromatic heterocycles. The van der Waals surface area contributed by atoms with Crippen molar-refractivity contribution in [2.45, 2.75) is 24.8 Å². The summed E-state index contributed by atoms with van der Waals surface area (Å²) in [6.45, 7) is 3.31. The van der Waals surface area contributed by atoms with Crippen LogP contribution in [0, 0.1) is 5.92 Å². The first-order valence-corrected chi connectivity index (χ1v) is 8.04. The Bertz CT molecular complexity index is 763. The number of carbonyl (C=O) groups is 1. The summed E-state index contributed by atoms with van der Waals surface area (Å²) in [5.74, 6) is -1.54. The molecule has 0 saturated heterocycles. The maximum Gasteiger partial charge on any atom is 0.322 e. The molecule has 0 fully saturated rings. The molecule has 1 atom stereocenters. The number of sulfonamides is 1. The van der Waals surface area contributed by atoms with E-state index < -0.39 is 22.0 Å². The fraction of sp³-hybridized carbons (Fsp3) is 0.267. The SMILES string of the molecule is CC(C)[C@H](NS(=O)(=O)c1cccc2ccccc12)C(=O)O. The fourth-order valence-corrected chi connectivity index (χ4v) is 3.70. The molecule has 0 aliphatic carbocycles. The molecule has 21 heavy (non-hydrogen) atoms. The average molecular weight is 307 g/mol. The Morgan fingerprint density at radius 1 is 1.10 bits per heavy atom. The van der Waals surface area contributed by atoms with E-state index in [0.717, 1.165) is 5.39 Å². The van der Waals surface area contributed by atoms with E-state index in [1.165, 1.54) is 6.07 Å². The van der Waals surface area contributed by atoms with Crippen LogP contribution in [0.25, 0.3) is 10.8 Å². The van der Waals surface area contributed by atoms with E-state index in [4.69, 9.17) is 5.11 Å². The van der Waals surface area contributed by atoms with E-state index in [1.54, 1.807) is 32.0 Å². The minimum absolute atomic E-state index is 0.0903. The molecule has 0 spiro atoms. The quantitative estimate of drug-likeness (QED) is 0.887. The molecule has 2 N–H and O–H groups in total. The van der Waals surface area contributed by atoms with Gasteiger partial charge in [0.05, 0.1) is 4.90 Å². The molecule has 0 radical (unpaired) electrons. The van der Waals surface area contributed by atoms with Crippen LogP contribution in [0.3, 0.4) is 0 Å². The van der Waals surface area contributed by atoms with Crippen molar-refractivity contribution in [2.24, 2.45) is 5.92 Å². The Labute approximate surface area is 123 Å². The summed E-state index contributed by atoms with van der Waals surface area (Å²) < 4.78 is 27.3. The number of benzene rings is 2. The lowest BCUT2D eigenvalue weighted by molar-refractivity contribution is -0.140. The maximum absolute atomic E-state index is 12.5. The van der Waals surface area contributed by atoms with E-state index in [2.05, 4.69) is 4.72 Å². The second kappa shape index (κ2) is 5.83. The molecular weight excluding hydrogens is 290 g/mol. The van der Waals surface area contributed by atoms with Crippen LogP contribution in [0.1, 0.15) is 13.8 Å². The molecule has 0 unspecified atom stereocenters. The predicted octanol–water partition coefficient (Wildman–Crippen LogP) is 2.23. The van der Waals surface area contributed by atoms with Crippen molar-refractivity contribution in [3.05, 3.63) is 42.5 Å². The zero-order chi connectivity index (χ0) is 15.6. The predicted molar refractivity (Wildman–Crippen MR) is 80.5 cm³/mol. The Balaban J connectivity index is 2.50.